The standard InChI is InChI=1S/C17H29N7/c1-12(2)24-9-6-13(7-10-24)22-17-21-8-5-15(23-17)14(11-19-3)16(18)20-4/h5,8,11-13,20H,6-7,9-10,18H2,1-4H3,(H,21,22,23)/b16-14+,19-11-. The lowest BCUT2D eigenvalue weighted by molar-refractivity contribution is 0.177. The number of anilines is 1. The largest absolute Gasteiger partial charge is 0.385 e. The summed E-state index contributed by atoms with van der Waals surface area (Å²) in [4.78, 5) is 15.5. The molecule has 4 N–H and O–H groups in total. The molecule has 0 aliphatic carbocycles. The fraction of sp³-hybridized carbons (Fsp3) is 0.588. The molecule has 7 heteroatoms. The maximum Gasteiger partial charge on any atom is 0.223 e. The van der Waals surface area contributed by atoms with Gasteiger partial charge in [-0.1, -0.05) is 0 Å². The maximum atomic E-state index is 6.00. The Balaban J connectivity index is 2.08. The van der Waals surface area contributed by atoms with Crippen LogP contribution in [0.15, 0.2) is 23.1 Å². The van der Waals surface area contributed by atoms with E-state index in [0.717, 1.165) is 37.2 Å². The second kappa shape index (κ2) is 8.63. The van der Waals surface area contributed by atoms with Gasteiger partial charge < -0.3 is 21.3 Å². The van der Waals surface area contributed by atoms with Crippen molar-refractivity contribution in [1.29, 1.82) is 0 Å². The average Bonchev–Trinajstić information content (AvgIpc) is 2.59. The highest BCUT2D eigenvalue weighted by Gasteiger charge is 2.21. The summed E-state index contributed by atoms with van der Waals surface area (Å²) >= 11 is 0. The number of likely N-dealkylation sites (tertiary alicyclic amines) is 1. The highest BCUT2D eigenvalue weighted by molar-refractivity contribution is 6.09. The molecular weight excluding hydrogens is 302 g/mol. The number of nitrogens with one attached hydrogen (secondary N) is 2. The molecule has 1 aromatic rings. The van der Waals surface area contributed by atoms with Gasteiger partial charge in [-0.3, -0.25) is 4.99 Å². The Bertz CT molecular complexity index is 586. The number of aliphatic imine (C=N–C) groups is 1. The molecule has 0 spiro atoms. The van der Waals surface area contributed by atoms with Crippen molar-refractivity contribution in [2.75, 3.05) is 32.5 Å². The molecule has 1 saturated heterocycles. The molecule has 0 radical (unpaired) electrons. The lowest BCUT2D eigenvalue weighted by atomic mass is 10.0. The molecule has 1 aromatic heterocycles. The molecule has 0 saturated carbocycles. The first-order valence-corrected chi connectivity index (χ1v) is 8.48. The van der Waals surface area contributed by atoms with Crippen LogP contribution in [0.1, 0.15) is 32.4 Å². The van der Waals surface area contributed by atoms with Crippen molar-refractivity contribution < 1.29 is 0 Å². The number of piperidine rings is 1. The van der Waals surface area contributed by atoms with Crippen molar-refractivity contribution in [1.82, 2.24) is 20.2 Å². The van der Waals surface area contributed by atoms with Gasteiger partial charge in [0.25, 0.3) is 0 Å². The van der Waals surface area contributed by atoms with E-state index in [0.29, 0.717) is 23.9 Å². The summed E-state index contributed by atoms with van der Waals surface area (Å²) in [5.41, 5.74) is 7.52. The van der Waals surface area contributed by atoms with Gasteiger partial charge in [0.05, 0.1) is 11.3 Å². The smallest absolute Gasteiger partial charge is 0.223 e. The van der Waals surface area contributed by atoms with Crippen LogP contribution in [-0.2, 0) is 0 Å². The molecule has 24 heavy (non-hydrogen) atoms. The van der Waals surface area contributed by atoms with E-state index in [1.165, 1.54) is 0 Å². The zero-order valence-corrected chi connectivity index (χ0v) is 15.1. The van der Waals surface area contributed by atoms with E-state index < -0.39 is 0 Å². The quantitative estimate of drug-likeness (QED) is 0.681. The number of aromatic nitrogens is 2. The average molecular weight is 331 g/mol. The van der Waals surface area contributed by atoms with E-state index in [-0.39, 0.29) is 0 Å². The summed E-state index contributed by atoms with van der Waals surface area (Å²) in [6.07, 6.45) is 5.66. The third kappa shape index (κ3) is 4.67. The zero-order valence-electron chi connectivity index (χ0n) is 15.1. The SMILES string of the molecule is C/N=C\C(=C(\N)NC)c1ccnc(NC2CCN(C(C)C)CC2)n1. The monoisotopic (exact) mass is 331 g/mol. The van der Waals surface area contributed by atoms with Crippen molar-refractivity contribution in [3.8, 4) is 0 Å². The van der Waals surface area contributed by atoms with Gasteiger partial charge in [-0.15, -0.1) is 0 Å². The van der Waals surface area contributed by atoms with Gasteiger partial charge in [0.2, 0.25) is 5.95 Å². The Labute approximate surface area is 144 Å². The molecule has 1 aliphatic heterocycles. The van der Waals surface area contributed by atoms with Gasteiger partial charge >= 0.3 is 0 Å². The second-order valence-corrected chi connectivity index (χ2v) is 6.28. The minimum absolute atomic E-state index is 0.407. The molecule has 7 nitrogen and oxygen atoms in total. The summed E-state index contributed by atoms with van der Waals surface area (Å²) in [6.45, 7) is 6.70. The highest BCUT2D eigenvalue weighted by atomic mass is 15.2. The predicted molar refractivity (Wildman–Crippen MR) is 100.0 cm³/mol. The number of hydrogen-bond donors (Lipinski definition) is 3. The Morgan fingerprint density at radius 2 is 2.12 bits per heavy atom. The molecule has 1 aliphatic rings. The van der Waals surface area contributed by atoms with E-state index in [1.807, 2.05) is 6.07 Å². The van der Waals surface area contributed by atoms with Crippen LogP contribution in [0.5, 0.6) is 0 Å². The van der Waals surface area contributed by atoms with Crippen LogP contribution < -0.4 is 16.4 Å². The van der Waals surface area contributed by atoms with Gasteiger partial charge in [-0.25, -0.2) is 9.97 Å². The Morgan fingerprint density at radius 1 is 1.42 bits per heavy atom. The predicted octanol–water partition coefficient (Wildman–Crippen LogP) is 1.31. The highest BCUT2D eigenvalue weighted by Crippen LogP contribution is 2.17. The third-order valence-electron chi connectivity index (χ3n) is 4.34. The zero-order chi connectivity index (χ0) is 17.5. The van der Waals surface area contributed by atoms with Crippen molar-refractivity contribution in [3.05, 3.63) is 23.8 Å². The van der Waals surface area contributed by atoms with Gasteiger partial charge in [-0.05, 0) is 32.8 Å². The Kier molecular flexibility index (Phi) is 6.54. The van der Waals surface area contributed by atoms with Gasteiger partial charge in [0.15, 0.2) is 0 Å². The van der Waals surface area contributed by atoms with Crippen LogP contribution in [0.3, 0.4) is 0 Å². The summed E-state index contributed by atoms with van der Waals surface area (Å²) in [7, 11) is 3.49. The Hall–Kier alpha value is -2.15. The van der Waals surface area contributed by atoms with Crippen LogP contribution in [0.4, 0.5) is 5.95 Å². The summed E-state index contributed by atoms with van der Waals surface area (Å²) in [6, 6.07) is 2.86. The molecule has 2 heterocycles. The van der Waals surface area contributed by atoms with Gasteiger partial charge in [0, 0.05) is 51.7 Å². The first-order chi connectivity index (χ1) is 11.5. The van der Waals surface area contributed by atoms with Crippen LogP contribution in [-0.4, -0.2) is 60.4 Å². The van der Waals surface area contributed by atoms with Crippen LogP contribution in [0.2, 0.25) is 0 Å². The van der Waals surface area contributed by atoms with Crippen molar-refractivity contribution in [2.24, 2.45) is 10.7 Å². The number of hydrogen-bond acceptors (Lipinski definition) is 7. The van der Waals surface area contributed by atoms with Crippen LogP contribution in [0.25, 0.3) is 5.57 Å². The number of nitrogens with two attached hydrogens (primary N) is 1. The normalized spacial score (nSPS) is 18.0. The summed E-state index contributed by atoms with van der Waals surface area (Å²) < 4.78 is 0. The maximum absolute atomic E-state index is 6.00. The van der Waals surface area contributed by atoms with Crippen LogP contribution in [0, 0.1) is 0 Å². The van der Waals surface area contributed by atoms with E-state index in [9.17, 15) is 0 Å². The molecule has 0 aromatic carbocycles. The Morgan fingerprint density at radius 3 is 2.71 bits per heavy atom. The lowest BCUT2D eigenvalue weighted by Crippen LogP contribution is -2.42. The van der Waals surface area contributed by atoms with Crippen LogP contribution >= 0.6 is 0 Å². The molecule has 0 unspecified atom stereocenters. The molecule has 1 fully saturated rings. The van der Waals surface area contributed by atoms with Gasteiger partial charge in [-0.2, -0.15) is 0 Å². The molecule has 0 amide bonds. The van der Waals surface area contributed by atoms with Gasteiger partial charge in [0.1, 0.15) is 5.82 Å². The third-order valence-corrected chi connectivity index (χ3v) is 4.34. The first-order valence-electron chi connectivity index (χ1n) is 8.48. The number of rotatable bonds is 6. The van der Waals surface area contributed by atoms with E-state index in [2.05, 4.69) is 44.3 Å². The van der Waals surface area contributed by atoms with E-state index in [4.69, 9.17) is 5.73 Å². The first kappa shape index (κ1) is 18.2. The summed E-state index contributed by atoms with van der Waals surface area (Å²) in [5, 5.41) is 6.40. The number of nitrogens with zero attached hydrogens (tertiary/aromatic N) is 4. The van der Waals surface area contributed by atoms with Crippen molar-refractivity contribution in [2.45, 2.75) is 38.8 Å². The topological polar surface area (TPSA) is 91.5 Å². The molecule has 0 atom stereocenters. The lowest BCUT2D eigenvalue weighted by Gasteiger charge is -2.34. The summed E-state index contributed by atoms with van der Waals surface area (Å²) in [5.74, 6) is 1.18. The molecule has 132 valence electrons. The molecule has 2 rings (SSSR count). The second-order valence-electron chi connectivity index (χ2n) is 6.28. The van der Waals surface area contributed by atoms with E-state index >= 15 is 0 Å². The van der Waals surface area contributed by atoms with E-state index in [1.54, 1.807) is 26.5 Å². The fourth-order valence-electron chi connectivity index (χ4n) is 2.86. The fourth-order valence-corrected chi connectivity index (χ4v) is 2.86. The minimum Gasteiger partial charge on any atom is -0.385 e. The molecular formula is C17H29N7. The van der Waals surface area contributed by atoms with Crippen molar-refractivity contribution >= 4 is 17.7 Å². The van der Waals surface area contributed by atoms with Crippen molar-refractivity contribution in [3.63, 3.8) is 0 Å². The molecule has 0 bridgehead atoms. The minimum atomic E-state index is 0.407. The number of allylic oxidation sites excluding steroid dienone is 1.